The Kier molecular flexibility index (Phi) is 7.66. The van der Waals surface area contributed by atoms with Crippen LogP contribution in [0, 0.1) is 0 Å². The number of aliphatic imine (C=N–C) groups is 1. The zero-order chi connectivity index (χ0) is 18.5. The average Bonchev–Trinajstić information content (AvgIpc) is 3.14. The van der Waals surface area contributed by atoms with Crippen LogP contribution in [0.5, 0.6) is 11.5 Å². The smallest absolute Gasteiger partial charge is 0.194 e. The topological polar surface area (TPSA) is 49.3 Å². The maximum atomic E-state index is 5.92. The van der Waals surface area contributed by atoms with Crippen molar-refractivity contribution in [1.29, 1.82) is 0 Å². The molecule has 8 heteroatoms. The van der Waals surface area contributed by atoms with Crippen LogP contribution < -0.4 is 19.7 Å². The van der Waals surface area contributed by atoms with Crippen molar-refractivity contribution in [2.24, 2.45) is 4.99 Å². The molecule has 2 aliphatic rings. The summed E-state index contributed by atoms with van der Waals surface area (Å²) in [6.45, 7) is 6.03. The molecule has 0 spiro atoms. The first-order valence-corrected chi connectivity index (χ1v) is 10.3. The molecule has 1 N–H and O–H groups in total. The van der Waals surface area contributed by atoms with Gasteiger partial charge in [0.15, 0.2) is 17.5 Å². The minimum absolute atomic E-state index is 0. The Morgan fingerprint density at radius 1 is 1.11 bits per heavy atom. The van der Waals surface area contributed by atoms with E-state index in [1.54, 1.807) is 11.3 Å². The molecule has 1 fully saturated rings. The SMILES string of the molecule is CN=C(NCc1cccc2c1OCCCO2)N1CCN(c2cccs2)CC1.I. The number of thiophene rings is 1. The zero-order valence-corrected chi connectivity index (χ0v) is 19.2. The second kappa shape index (κ2) is 10.2. The maximum absolute atomic E-state index is 5.92. The van der Waals surface area contributed by atoms with Gasteiger partial charge in [-0.25, -0.2) is 0 Å². The van der Waals surface area contributed by atoms with Gasteiger partial charge >= 0.3 is 0 Å². The highest BCUT2D eigenvalue weighted by atomic mass is 127. The van der Waals surface area contributed by atoms with E-state index in [9.17, 15) is 0 Å². The summed E-state index contributed by atoms with van der Waals surface area (Å²) in [5, 5.41) is 6.98. The molecule has 1 aromatic heterocycles. The van der Waals surface area contributed by atoms with E-state index in [0.717, 1.165) is 55.6 Å². The molecule has 0 unspecified atom stereocenters. The molecule has 0 radical (unpaired) electrons. The summed E-state index contributed by atoms with van der Waals surface area (Å²) in [5.41, 5.74) is 1.10. The van der Waals surface area contributed by atoms with Crippen molar-refractivity contribution in [3.63, 3.8) is 0 Å². The van der Waals surface area contributed by atoms with Gasteiger partial charge in [-0.1, -0.05) is 12.1 Å². The van der Waals surface area contributed by atoms with E-state index in [1.807, 2.05) is 19.2 Å². The van der Waals surface area contributed by atoms with Crippen LogP contribution in [0.4, 0.5) is 5.00 Å². The van der Waals surface area contributed by atoms with Crippen molar-refractivity contribution in [2.45, 2.75) is 13.0 Å². The number of piperazine rings is 1. The van der Waals surface area contributed by atoms with Gasteiger partial charge in [-0.3, -0.25) is 4.99 Å². The number of nitrogens with one attached hydrogen (secondary N) is 1. The van der Waals surface area contributed by atoms with E-state index in [-0.39, 0.29) is 24.0 Å². The lowest BCUT2D eigenvalue weighted by atomic mass is 10.2. The third-order valence-corrected chi connectivity index (χ3v) is 5.83. The fourth-order valence-electron chi connectivity index (χ4n) is 3.49. The molecule has 3 heterocycles. The molecule has 0 saturated carbocycles. The first kappa shape index (κ1) is 21.0. The lowest BCUT2D eigenvalue weighted by Crippen LogP contribution is -2.52. The largest absolute Gasteiger partial charge is 0.490 e. The van der Waals surface area contributed by atoms with Crippen LogP contribution in [0.3, 0.4) is 0 Å². The number of fused-ring (bicyclic) bond motifs is 1. The van der Waals surface area contributed by atoms with Crippen LogP contribution in [0.2, 0.25) is 0 Å². The summed E-state index contributed by atoms with van der Waals surface area (Å²) >= 11 is 1.80. The maximum Gasteiger partial charge on any atom is 0.194 e. The number of rotatable bonds is 3. The molecule has 0 aliphatic carbocycles. The lowest BCUT2D eigenvalue weighted by Gasteiger charge is -2.37. The van der Waals surface area contributed by atoms with Crippen molar-refractivity contribution >= 4 is 46.3 Å². The van der Waals surface area contributed by atoms with E-state index < -0.39 is 0 Å². The number of anilines is 1. The third kappa shape index (κ3) is 4.83. The van der Waals surface area contributed by atoms with Crippen molar-refractivity contribution < 1.29 is 9.47 Å². The van der Waals surface area contributed by atoms with Gasteiger partial charge in [0.2, 0.25) is 0 Å². The molecule has 4 rings (SSSR count). The van der Waals surface area contributed by atoms with Gasteiger partial charge in [0.05, 0.1) is 18.2 Å². The molecule has 0 bridgehead atoms. The molecular weight excluding hydrogens is 487 g/mol. The van der Waals surface area contributed by atoms with E-state index in [4.69, 9.17) is 9.47 Å². The average molecular weight is 514 g/mol. The normalized spacial score (nSPS) is 17.0. The predicted molar refractivity (Wildman–Crippen MR) is 126 cm³/mol. The summed E-state index contributed by atoms with van der Waals surface area (Å²) in [6.07, 6.45) is 0.914. The molecule has 1 saturated heterocycles. The Hall–Kier alpha value is -1.68. The van der Waals surface area contributed by atoms with Crippen LogP contribution >= 0.6 is 35.3 Å². The first-order chi connectivity index (χ1) is 13.3. The fourth-order valence-corrected chi connectivity index (χ4v) is 4.27. The monoisotopic (exact) mass is 514 g/mol. The lowest BCUT2D eigenvalue weighted by molar-refractivity contribution is 0.296. The predicted octanol–water partition coefficient (Wildman–Crippen LogP) is 3.43. The molecule has 28 heavy (non-hydrogen) atoms. The first-order valence-electron chi connectivity index (χ1n) is 9.46. The Morgan fingerprint density at radius 3 is 2.68 bits per heavy atom. The number of nitrogens with zero attached hydrogens (tertiary/aromatic N) is 3. The van der Waals surface area contributed by atoms with Crippen LogP contribution in [-0.4, -0.2) is 57.3 Å². The number of guanidine groups is 1. The van der Waals surface area contributed by atoms with Gasteiger partial charge in [0, 0.05) is 51.8 Å². The second-order valence-corrected chi connectivity index (χ2v) is 7.55. The molecule has 1 aromatic carbocycles. The Bertz CT molecular complexity index is 777. The number of para-hydroxylation sites is 1. The summed E-state index contributed by atoms with van der Waals surface area (Å²) < 4.78 is 11.7. The Morgan fingerprint density at radius 2 is 1.93 bits per heavy atom. The van der Waals surface area contributed by atoms with Crippen LogP contribution in [0.1, 0.15) is 12.0 Å². The van der Waals surface area contributed by atoms with Crippen molar-refractivity contribution in [2.75, 3.05) is 51.3 Å². The minimum atomic E-state index is 0. The number of ether oxygens (including phenoxy) is 2. The zero-order valence-electron chi connectivity index (χ0n) is 16.1. The summed E-state index contributed by atoms with van der Waals surface area (Å²) in [4.78, 5) is 9.25. The third-order valence-electron chi connectivity index (χ3n) is 4.90. The molecule has 152 valence electrons. The number of hydrogen-bond donors (Lipinski definition) is 1. The number of halogens is 1. The van der Waals surface area contributed by atoms with Crippen LogP contribution in [-0.2, 0) is 6.54 Å². The summed E-state index contributed by atoms with van der Waals surface area (Å²) in [7, 11) is 1.85. The highest BCUT2D eigenvalue weighted by Crippen LogP contribution is 2.33. The van der Waals surface area contributed by atoms with Crippen molar-refractivity contribution in [1.82, 2.24) is 10.2 Å². The molecule has 0 atom stereocenters. The Balaban J connectivity index is 0.00000225. The molecule has 6 nitrogen and oxygen atoms in total. The highest BCUT2D eigenvalue weighted by molar-refractivity contribution is 14.0. The molecule has 2 aliphatic heterocycles. The quantitative estimate of drug-likeness (QED) is 0.387. The number of benzene rings is 1. The molecular formula is C20H27IN4O2S. The van der Waals surface area contributed by atoms with Gasteiger partial charge < -0.3 is 24.6 Å². The van der Waals surface area contributed by atoms with Crippen molar-refractivity contribution in [3.8, 4) is 11.5 Å². The van der Waals surface area contributed by atoms with Gasteiger partial charge in [0.25, 0.3) is 0 Å². The number of hydrogen-bond acceptors (Lipinski definition) is 5. The van der Waals surface area contributed by atoms with Gasteiger partial charge in [0.1, 0.15) is 0 Å². The van der Waals surface area contributed by atoms with E-state index >= 15 is 0 Å². The van der Waals surface area contributed by atoms with Crippen LogP contribution in [0.25, 0.3) is 0 Å². The fraction of sp³-hybridized carbons (Fsp3) is 0.450. The van der Waals surface area contributed by atoms with Crippen molar-refractivity contribution in [3.05, 3.63) is 41.3 Å². The standard InChI is InChI=1S/C20H26N4O2S.HI/c1-21-20(24-10-8-23(9-11-24)18-7-3-14-27-18)22-15-16-5-2-6-17-19(16)26-13-4-12-25-17;/h2-3,5-7,14H,4,8-13,15H2,1H3,(H,21,22);1H. The molecule has 2 aromatic rings. The van der Waals surface area contributed by atoms with Crippen LogP contribution in [0.15, 0.2) is 40.7 Å². The second-order valence-electron chi connectivity index (χ2n) is 6.62. The minimum Gasteiger partial charge on any atom is -0.490 e. The summed E-state index contributed by atoms with van der Waals surface area (Å²) in [6, 6.07) is 10.4. The van der Waals surface area contributed by atoms with E-state index in [1.165, 1.54) is 5.00 Å². The van der Waals surface area contributed by atoms with Gasteiger partial charge in [-0.15, -0.1) is 35.3 Å². The van der Waals surface area contributed by atoms with Gasteiger partial charge in [-0.05, 0) is 23.6 Å². The van der Waals surface area contributed by atoms with Gasteiger partial charge in [-0.2, -0.15) is 0 Å². The highest BCUT2D eigenvalue weighted by Gasteiger charge is 2.21. The van der Waals surface area contributed by atoms with E-state index in [0.29, 0.717) is 19.8 Å². The summed E-state index contributed by atoms with van der Waals surface area (Å²) in [5.74, 6) is 2.64. The Labute approximate surface area is 187 Å². The molecule has 0 amide bonds. The van der Waals surface area contributed by atoms with E-state index in [2.05, 4.69) is 43.7 Å².